The highest BCUT2D eigenvalue weighted by atomic mass is 127. The van der Waals surface area contributed by atoms with E-state index in [1.54, 1.807) is 0 Å². The molecule has 0 bridgehead atoms. The first-order valence-corrected chi connectivity index (χ1v) is 6.68. The molecule has 1 heterocycles. The van der Waals surface area contributed by atoms with Gasteiger partial charge in [0.05, 0.1) is 6.10 Å². The smallest absolute Gasteiger partial charge is 0.322 e. The molecule has 2 rings (SSSR count). The first-order chi connectivity index (χ1) is 7.00. The number of esters is 1. The molecule has 0 aromatic rings. The molecule has 0 radical (unpaired) electrons. The first kappa shape index (κ1) is 11.6. The van der Waals surface area contributed by atoms with Gasteiger partial charge in [-0.3, -0.25) is 4.79 Å². The summed E-state index contributed by atoms with van der Waals surface area (Å²) in [5.41, 5.74) is -0.256. The predicted molar refractivity (Wildman–Crippen MR) is 65.0 cm³/mol. The van der Waals surface area contributed by atoms with Crippen molar-refractivity contribution in [3.63, 3.8) is 0 Å². The molecule has 1 aliphatic carbocycles. The lowest BCUT2D eigenvalue weighted by Gasteiger charge is -2.34. The van der Waals surface area contributed by atoms with Gasteiger partial charge in [-0.1, -0.05) is 29.5 Å². The highest BCUT2D eigenvalue weighted by Crippen LogP contribution is 2.49. The Bertz CT molecular complexity index is 271. The number of hydrogen-bond acceptors (Lipinski definition) is 3. The van der Waals surface area contributed by atoms with Crippen LogP contribution in [0, 0.1) is 0 Å². The summed E-state index contributed by atoms with van der Waals surface area (Å²) in [7, 11) is 0. The molecule has 1 N–H and O–H groups in total. The van der Waals surface area contributed by atoms with Crippen LogP contribution in [-0.4, -0.2) is 26.2 Å². The number of carbonyl (C=O) groups is 1. The summed E-state index contributed by atoms with van der Waals surface area (Å²) >= 11 is 2.24. The van der Waals surface area contributed by atoms with Crippen molar-refractivity contribution in [3.05, 3.63) is 0 Å². The van der Waals surface area contributed by atoms with Crippen molar-refractivity contribution in [2.24, 2.45) is 0 Å². The number of ether oxygens (including phenoxy) is 1. The zero-order valence-corrected chi connectivity index (χ0v) is 11.1. The Morgan fingerprint density at radius 1 is 1.53 bits per heavy atom. The Labute approximate surface area is 104 Å². The highest BCUT2D eigenvalue weighted by Gasteiger charge is 2.55. The maximum atomic E-state index is 11.8. The number of hydrogen-bond donors (Lipinski definition) is 1. The van der Waals surface area contributed by atoms with Crippen LogP contribution in [0.3, 0.4) is 0 Å². The second-order valence-electron chi connectivity index (χ2n) is 4.80. The van der Waals surface area contributed by atoms with Gasteiger partial charge in [0.2, 0.25) is 0 Å². The van der Waals surface area contributed by atoms with Gasteiger partial charge >= 0.3 is 5.97 Å². The fourth-order valence-corrected chi connectivity index (χ4v) is 3.39. The minimum absolute atomic E-state index is 0.0537. The summed E-state index contributed by atoms with van der Waals surface area (Å²) in [6.07, 6.45) is 4.64. The summed E-state index contributed by atoms with van der Waals surface area (Å²) in [6.45, 7) is 2.03. The van der Waals surface area contributed by atoms with Crippen LogP contribution in [-0.2, 0) is 9.53 Å². The van der Waals surface area contributed by atoms with Gasteiger partial charge in [-0.25, -0.2) is 0 Å². The third kappa shape index (κ3) is 2.02. The molecule has 1 saturated carbocycles. The summed E-state index contributed by atoms with van der Waals surface area (Å²) < 4.78 is 5.27. The van der Waals surface area contributed by atoms with E-state index in [1.165, 1.54) is 0 Å². The van der Waals surface area contributed by atoms with Crippen molar-refractivity contribution in [2.45, 2.75) is 60.6 Å². The topological polar surface area (TPSA) is 46.5 Å². The molecule has 4 heteroatoms. The lowest BCUT2D eigenvalue weighted by atomic mass is 9.79. The highest BCUT2D eigenvalue weighted by molar-refractivity contribution is 14.1. The lowest BCUT2D eigenvalue weighted by Crippen LogP contribution is -2.36. The van der Waals surface area contributed by atoms with Gasteiger partial charge in [0.25, 0.3) is 0 Å². The Morgan fingerprint density at radius 2 is 2.13 bits per heavy atom. The van der Waals surface area contributed by atoms with Crippen LogP contribution in [0.5, 0.6) is 0 Å². The molecule has 0 aromatic carbocycles. The van der Waals surface area contributed by atoms with Crippen molar-refractivity contribution < 1.29 is 14.6 Å². The number of halogens is 1. The van der Waals surface area contributed by atoms with Crippen LogP contribution in [0.4, 0.5) is 0 Å². The van der Waals surface area contributed by atoms with Gasteiger partial charge in [-0.05, 0) is 32.1 Å². The molecule has 86 valence electrons. The maximum Gasteiger partial charge on any atom is 0.322 e. The van der Waals surface area contributed by atoms with E-state index in [2.05, 4.69) is 22.6 Å². The van der Waals surface area contributed by atoms with E-state index in [9.17, 15) is 9.90 Å². The number of aliphatic hydroxyl groups excluding tert-OH is 1. The number of aliphatic hydroxyl groups is 1. The Hall–Kier alpha value is 0.160. The fourth-order valence-electron chi connectivity index (χ4n) is 2.58. The van der Waals surface area contributed by atoms with E-state index in [-0.39, 0.29) is 21.1 Å². The van der Waals surface area contributed by atoms with Crippen LogP contribution in [0.1, 0.15) is 45.4 Å². The molecular formula is C11H17IO3. The molecule has 1 atom stereocenters. The van der Waals surface area contributed by atoms with E-state index in [1.807, 2.05) is 6.92 Å². The zero-order chi connectivity index (χ0) is 11.1. The number of rotatable bonds is 1. The zero-order valence-electron chi connectivity index (χ0n) is 8.96. The van der Waals surface area contributed by atoms with Crippen molar-refractivity contribution >= 4 is 28.6 Å². The molecule has 15 heavy (non-hydrogen) atoms. The molecule has 1 spiro atoms. The standard InChI is InChI=1S/C11H17IO3/c1-2-11(12)7-10(15-9(11)14)5-3-8(13)4-6-10/h8,13H,2-7H2,1H3. The Morgan fingerprint density at radius 3 is 2.60 bits per heavy atom. The van der Waals surface area contributed by atoms with Gasteiger partial charge in [-0.2, -0.15) is 0 Å². The summed E-state index contributed by atoms with van der Waals surface area (Å²) in [4.78, 5) is 11.8. The summed E-state index contributed by atoms with van der Waals surface area (Å²) in [5, 5.41) is 9.46. The van der Waals surface area contributed by atoms with Gasteiger partial charge in [-0.15, -0.1) is 0 Å². The molecule has 3 nitrogen and oxygen atoms in total. The summed E-state index contributed by atoms with van der Waals surface area (Å²) in [6, 6.07) is 0. The van der Waals surface area contributed by atoms with E-state index in [0.29, 0.717) is 0 Å². The van der Waals surface area contributed by atoms with E-state index >= 15 is 0 Å². The third-order valence-corrected chi connectivity index (χ3v) is 5.29. The molecule has 1 saturated heterocycles. The molecule has 2 fully saturated rings. The third-order valence-electron chi connectivity index (χ3n) is 3.70. The van der Waals surface area contributed by atoms with E-state index in [4.69, 9.17) is 4.74 Å². The van der Waals surface area contributed by atoms with Crippen LogP contribution >= 0.6 is 22.6 Å². The van der Waals surface area contributed by atoms with Crippen molar-refractivity contribution in [1.29, 1.82) is 0 Å². The quantitative estimate of drug-likeness (QED) is 0.457. The number of carbonyl (C=O) groups excluding carboxylic acids is 1. The van der Waals surface area contributed by atoms with Gasteiger partial charge in [0.15, 0.2) is 0 Å². The summed E-state index contributed by atoms with van der Waals surface area (Å²) in [5.74, 6) is -0.0537. The van der Waals surface area contributed by atoms with Crippen LogP contribution in [0.25, 0.3) is 0 Å². The van der Waals surface area contributed by atoms with E-state index in [0.717, 1.165) is 38.5 Å². The minimum Gasteiger partial charge on any atom is -0.458 e. The largest absolute Gasteiger partial charge is 0.458 e. The molecule has 1 unspecified atom stereocenters. The van der Waals surface area contributed by atoms with Gasteiger partial charge < -0.3 is 9.84 Å². The SMILES string of the molecule is CCC1(I)CC2(CCC(O)CC2)OC1=O. The maximum absolute atomic E-state index is 11.8. The fraction of sp³-hybridized carbons (Fsp3) is 0.909. The van der Waals surface area contributed by atoms with Gasteiger partial charge in [0.1, 0.15) is 9.02 Å². The second kappa shape index (κ2) is 3.87. The molecular weight excluding hydrogens is 307 g/mol. The van der Waals surface area contributed by atoms with Crippen molar-refractivity contribution in [2.75, 3.05) is 0 Å². The van der Waals surface area contributed by atoms with Crippen LogP contribution in [0.2, 0.25) is 0 Å². The predicted octanol–water partition coefficient (Wildman–Crippen LogP) is 2.19. The molecule has 0 aromatic heterocycles. The average Bonchev–Trinajstić information content (AvgIpc) is 2.46. The second-order valence-corrected chi connectivity index (χ2v) is 6.86. The lowest BCUT2D eigenvalue weighted by molar-refractivity contribution is -0.153. The van der Waals surface area contributed by atoms with Crippen LogP contribution < -0.4 is 0 Å². The van der Waals surface area contributed by atoms with Gasteiger partial charge in [0, 0.05) is 6.42 Å². The number of alkyl halides is 1. The Balaban J connectivity index is 2.11. The normalized spacial score (nSPS) is 45.8. The monoisotopic (exact) mass is 324 g/mol. The molecule has 2 aliphatic rings. The Kier molecular flexibility index (Phi) is 3.01. The van der Waals surface area contributed by atoms with Crippen molar-refractivity contribution in [1.82, 2.24) is 0 Å². The minimum atomic E-state index is -0.319. The van der Waals surface area contributed by atoms with E-state index < -0.39 is 0 Å². The molecule has 1 aliphatic heterocycles. The average molecular weight is 324 g/mol. The molecule has 0 amide bonds. The van der Waals surface area contributed by atoms with Crippen molar-refractivity contribution in [3.8, 4) is 0 Å². The first-order valence-electron chi connectivity index (χ1n) is 5.60. The van der Waals surface area contributed by atoms with Crippen LogP contribution in [0.15, 0.2) is 0 Å².